The van der Waals surface area contributed by atoms with Crippen molar-refractivity contribution in [2.45, 2.75) is 27.7 Å². The molecule has 2 aromatic rings. The molecule has 138 valence electrons. The molecule has 0 aliphatic heterocycles. The summed E-state index contributed by atoms with van der Waals surface area (Å²) in [5.41, 5.74) is 3.90. The number of anilines is 1. The van der Waals surface area contributed by atoms with Crippen LogP contribution >= 0.6 is 23.2 Å². The number of benzene rings is 2. The molecule has 0 aromatic heterocycles. The Morgan fingerprint density at radius 1 is 1.04 bits per heavy atom. The third-order valence-electron chi connectivity index (χ3n) is 4.12. The average molecular weight is 393 g/mol. The Morgan fingerprint density at radius 2 is 1.58 bits per heavy atom. The van der Waals surface area contributed by atoms with Gasteiger partial charge in [0.1, 0.15) is 6.54 Å². The molecule has 0 heterocycles. The van der Waals surface area contributed by atoms with Gasteiger partial charge in [-0.25, -0.2) is 0 Å². The first kappa shape index (κ1) is 20.3. The molecule has 0 aliphatic rings. The fraction of sp³-hybridized carbons (Fsp3) is 0.300. The zero-order chi connectivity index (χ0) is 19.4. The number of nitrogens with zero attached hydrogens (tertiary/aromatic N) is 1. The Morgan fingerprint density at radius 3 is 2.08 bits per heavy atom. The van der Waals surface area contributed by atoms with E-state index in [1.807, 2.05) is 39.8 Å². The first-order valence-electron chi connectivity index (χ1n) is 8.35. The molecule has 1 N–H and O–H groups in total. The van der Waals surface area contributed by atoms with Crippen molar-refractivity contribution in [1.29, 1.82) is 0 Å². The zero-order valence-electron chi connectivity index (χ0n) is 15.3. The summed E-state index contributed by atoms with van der Waals surface area (Å²) in [4.78, 5) is 26.9. The first-order chi connectivity index (χ1) is 12.2. The lowest BCUT2D eigenvalue weighted by Gasteiger charge is -2.23. The number of carbonyl (C=O) groups is 2. The first-order valence-corrected chi connectivity index (χ1v) is 9.11. The molecule has 0 bridgehead atoms. The number of rotatable bonds is 5. The monoisotopic (exact) mass is 392 g/mol. The van der Waals surface area contributed by atoms with Crippen LogP contribution in [-0.2, 0) is 4.79 Å². The third-order valence-corrected chi connectivity index (χ3v) is 4.75. The Kier molecular flexibility index (Phi) is 6.68. The number of para-hydroxylation sites is 1. The van der Waals surface area contributed by atoms with Gasteiger partial charge in [0, 0.05) is 12.1 Å². The lowest BCUT2D eigenvalue weighted by Crippen LogP contribution is -2.38. The average Bonchev–Trinajstić information content (AvgIpc) is 2.55. The summed E-state index contributed by atoms with van der Waals surface area (Å²) in [6.07, 6.45) is 0. The maximum absolute atomic E-state index is 12.9. The zero-order valence-corrected chi connectivity index (χ0v) is 16.8. The van der Waals surface area contributed by atoms with Gasteiger partial charge >= 0.3 is 0 Å². The number of carbonyl (C=O) groups excluding carboxylic acids is 2. The summed E-state index contributed by atoms with van der Waals surface area (Å²) in [6.45, 7) is 7.98. The van der Waals surface area contributed by atoms with E-state index in [4.69, 9.17) is 23.2 Å². The van der Waals surface area contributed by atoms with Crippen LogP contribution in [0.3, 0.4) is 0 Å². The summed E-state index contributed by atoms with van der Waals surface area (Å²) < 4.78 is 0. The van der Waals surface area contributed by atoms with Crippen molar-refractivity contribution < 1.29 is 9.59 Å². The molecule has 4 nitrogen and oxygen atoms in total. The summed E-state index contributed by atoms with van der Waals surface area (Å²) in [7, 11) is 0. The Labute approximate surface area is 164 Å². The molecule has 0 spiro atoms. The molecule has 2 rings (SSSR count). The number of amides is 2. The van der Waals surface area contributed by atoms with Crippen LogP contribution in [0.25, 0.3) is 0 Å². The van der Waals surface area contributed by atoms with Gasteiger partial charge in [-0.1, -0.05) is 47.0 Å². The predicted octanol–water partition coefficient (Wildman–Crippen LogP) is 5.02. The van der Waals surface area contributed by atoms with Crippen LogP contribution in [0.4, 0.5) is 5.69 Å². The fourth-order valence-electron chi connectivity index (χ4n) is 2.97. The second-order valence-corrected chi connectivity index (χ2v) is 7.05. The topological polar surface area (TPSA) is 49.4 Å². The van der Waals surface area contributed by atoms with Gasteiger partial charge in [-0.05, 0) is 51.0 Å². The highest BCUT2D eigenvalue weighted by atomic mass is 35.5. The highest BCUT2D eigenvalue weighted by molar-refractivity contribution is 6.39. The van der Waals surface area contributed by atoms with E-state index in [0.29, 0.717) is 27.8 Å². The van der Waals surface area contributed by atoms with Crippen LogP contribution in [0.1, 0.15) is 34.0 Å². The SMILES string of the molecule is CCN(CC(=O)Nc1c(Cl)cccc1Cl)C(=O)c1c(C)cc(C)cc1C. The number of nitrogens with one attached hydrogen (secondary N) is 1. The van der Waals surface area contributed by atoms with E-state index >= 15 is 0 Å². The lowest BCUT2D eigenvalue weighted by molar-refractivity contribution is -0.116. The minimum Gasteiger partial charge on any atom is -0.330 e. The van der Waals surface area contributed by atoms with E-state index in [9.17, 15) is 9.59 Å². The molecule has 2 aromatic carbocycles. The number of hydrogen-bond donors (Lipinski definition) is 1. The number of hydrogen-bond acceptors (Lipinski definition) is 2. The van der Waals surface area contributed by atoms with E-state index in [0.717, 1.165) is 16.7 Å². The van der Waals surface area contributed by atoms with Gasteiger partial charge < -0.3 is 10.2 Å². The summed E-state index contributed by atoms with van der Waals surface area (Å²) in [5, 5.41) is 3.40. The molecule has 2 amide bonds. The summed E-state index contributed by atoms with van der Waals surface area (Å²) >= 11 is 12.2. The van der Waals surface area contributed by atoms with Gasteiger partial charge in [-0.3, -0.25) is 9.59 Å². The molecule has 0 unspecified atom stereocenters. The lowest BCUT2D eigenvalue weighted by atomic mass is 9.98. The molecule has 0 aliphatic carbocycles. The van der Waals surface area contributed by atoms with Crippen LogP contribution in [0.2, 0.25) is 10.0 Å². The quantitative estimate of drug-likeness (QED) is 0.776. The Hall–Kier alpha value is -2.04. The van der Waals surface area contributed by atoms with E-state index in [1.54, 1.807) is 18.2 Å². The second kappa shape index (κ2) is 8.56. The maximum Gasteiger partial charge on any atom is 0.254 e. The highest BCUT2D eigenvalue weighted by Gasteiger charge is 2.21. The fourth-order valence-corrected chi connectivity index (χ4v) is 3.46. The molecule has 0 atom stereocenters. The van der Waals surface area contributed by atoms with Crippen LogP contribution < -0.4 is 5.32 Å². The summed E-state index contributed by atoms with van der Waals surface area (Å²) in [6, 6.07) is 8.93. The van der Waals surface area contributed by atoms with Gasteiger partial charge in [0.25, 0.3) is 5.91 Å². The minimum absolute atomic E-state index is 0.0797. The molecule has 6 heteroatoms. The third kappa shape index (κ3) is 4.57. The van der Waals surface area contributed by atoms with Crippen molar-refractivity contribution in [2.24, 2.45) is 0 Å². The number of likely N-dealkylation sites (N-methyl/N-ethyl adjacent to an activating group) is 1. The normalized spacial score (nSPS) is 10.5. The minimum atomic E-state index is -0.349. The van der Waals surface area contributed by atoms with Gasteiger partial charge in [0.15, 0.2) is 0 Å². The molecule has 0 saturated carbocycles. The predicted molar refractivity (Wildman–Crippen MR) is 107 cm³/mol. The van der Waals surface area contributed by atoms with E-state index < -0.39 is 0 Å². The van der Waals surface area contributed by atoms with E-state index in [2.05, 4.69) is 5.32 Å². The molecule has 26 heavy (non-hydrogen) atoms. The largest absolute Gasteiger partial charge is 0.330 e. The smallest absolute Gasteiger partial charge is 0.254 e. The van der Waals surface area contributed by atoms with Crippen molar-refractivity contribution in [3.8, 4) is 0 Å². The van der Waals surface area contributed by atoms with Crippen molar-refractivity contribution in [3.63, 3.8) is 0 Å². The van der Waals surface area contributed by atoms with Crippen molar-refractivity contribution >= 4 is 40.7 Å². The second-order valence-electron chi connectivity index (χ2n) is 6.24. The van der Waals surface area contributed by atoms with E-state index in [-0.39, 0.29) is 18.4 Å². The molecule has 0 saturated heterocycles. The van der Waals surface area contributed by atoms with Gasteiger partial charge in [0.2, 0.25) is 5.91 Å². The van der Waals surface area contributed by atoms with Crippen molar-refractivity contribution in [2.75, 3.05) is 18.4 Å². The number of aryl methyl sites for hydroxylation is 3. The van der Waals surface area contributed by atoms with Gasteiger partial charge in [-0.15, -0.1) is 0 Å². The van der Waals surface area contributed by atoms with Crippen LogP contribution in [0.15, 0.2) is 30.3 Å². The van der Waals surface area contributed by atoms with Crippen LogP contribution in [-0.4, -0.2) is 29.8 Å². The maximum atomic E-state index is 12.9. The Balaban J connectivity index is 2.19. The summed E-state index contributed by atoms with van der Waals surface area (Å²) in [5.74, 6) is -0.513. The molecular weight excluding hydrogens is 371 g/mol. The van der Waals surface area contributed by atoms with Crippen molar-refractivity contribution in [3.05, 3.63) is 62.6 Å². The molecule has 0 radical (unpaired) electrons. The van der Waals surface area contributed by atoms with Gasteiger partial charge in [0.05, 0.1) is 15.7 Å². The molecular formula is C20H22Cl2N2O2. The van der Waals surface area contributed by atoms with E-state index in [1.165, 1.54) is 4.90 Å². The standard InChI is InChI=1S/C20H22Cl2N2O2/c1-5-24(20(26)18-13(3)9-12(2)10-14(18)4)11-17(25)23-19-15(21)7-6-8-16(19)22/h6-10H,5,11H2,1-4H3,(H,23,25). The van der Waals surface area contributed by atoms with Crippen molar-refractivity contribution in [1.82, 2.24) is 4.90 Å². The van der Waals surface area contributed by atoms with Gasteiger partial charge in [-0.2, -0.15) is 0 Å². The highest BCUT2D eigenvalue weighted by Crippen LogP contribution is 2.29. The van der Waals surface area contributed by atoms with Crippen LogP contribution in [0, 0.1) is 20.8 Å². The van der Waals surface area contributed by atoms with Crippen LogP contribution in [0.5, 0.6) is 0 Å². The number of halogens is 2. The molecule has 0 fully saturated rings. The Bertz CT molecular complexity index is 806.